The molecule has 0 unspecified atom stereocenters. The van der Waals surface area contributed by atoms with E-state index in [1.54, 1.807) is 31.4 Å². The molecule has 110 valence electrons. The van der Waals surface area contributed by atoms with Gasteiger partial charge in [-0.1, -0.05) is 23.7 Å². The largest absolute Gasteiger partial charge is 0.490 e. The third kappa shape index (κ3) is 3.80. The van der Waals surface area contributed by atoms with Gasteiger partial charge in [0.1, 0.15) is 18.2 Å². The van der Waals surface area contributed by atoms with Gasteiger partial charge in [0.15, 0.2) is 5.78 Å². The molecule has 0 atom stereocenters. The van der Waals surface area contributed by atoms with Crippen molar-refractivity contribution in [1.29, 1.82) is 0 Å². The average molecular weight is 309 g/mol. The average Bonchev–Trinajstić information content (AvgIpc) is 2.50. The van der Waals surface area contributed by atoms with Gasteiger partial charge in [-0.25, -0.2) is 4.39 Å². The van der Waals surface area contributed by atoms with E-state index in [1.807, 2.05) is 0 Å². The van der Waals surface area contributed by atoms with E-state index in [1.165, 1.54) is 12.1 Å². The lowest BCUT2D eigenvalue weighted by atomic mass is 10.0. The first kappa shape index (κ1) is 15.5. The van der Waals surface area contributed by atoms with E-state index in [2.05, 4.69) is 0 Å². The molecular weight excluding hydrogens is 295 g/mol. The van der Waals surface area contributed by atoms with Crippen molar-refractivity contribution in [3.05, 3.63) is 64.4 Å². The molecule has 0 fully saturated rings. The Morgan fingerprint density at radius 3 is 2.67 bits per heavy atom. The molecule has 0 saturated carbocycles. The number of halogens is 2. The van der Waals surface area contributed by atoms with Crippen molar-refractivity contribution in [1.82, 2.24) is 0 Å². The quantitative estimate of drug-likeness (QED) is 0.602. The third-order valence-electron chi connectivity index (χ3n) is 2.86. The zero-order chi connectivity index (χ0) is 15.2. The Hall–Kier alpha value is -1.91. The summed E-state index contributed by atoms with van der Waals surface area (Å²) in [6, 6.07) is 10.8. The summed E-state index contributed by atoms with van der Waals surface area (Å²) >= 11 is 5.62. The molecule has 0 amide bonds. The van der Waals surface area contributed by atoms with E-state index in [0.717, 1.165) is 6.07 Å². The summed E-state index contributed by atoms with van der Waals surface area (Å²) in [5.41, 5.74) is 0.593. The fourth-order valence-electron chi connectivity index (χ4n) is 1.81. The summed E-state index contributed by atoms with van der Waals surface area (Å²) in [6.45, 7) is 0.744. The lowest BCUT2D eigenvalue weighted by Gasteiger charge is -2.10. The van der Waals surface area contributed by atoms with Gasteiger partial charge in [-0.05, 0) is 30.3 Å². The molecule has 0 aliphatic carbocycles. The summed E-state index contributed by atoms with van der Waals surface area (Å²) < 4.78 is 23.9. The zero-order valence-electron chi connectivity index (χ0n) is 11.4. The topological polar surface area (TPSA) is 35.5 Å². The van der Waals surface area contributed by atoms with E-state index in [4.69, 9.17) is 21.1 Å². The summed E-state index contributed by atoms with van der Waals surface area (Å²) in [7, 11) is 1.57. The summed E-state index contributed by atoms with van der Waals surface area (Å²) in [6.07, 6.45) is 0. The van der Waals surface area contributed by atoms with Crippen LogP contribution in [0.2, 0.25) is 5.02 Å². The highest BCUT2D eigenvalue weighted by molar-refractivity contribution is 6.30. The molecule has 0 aliphatic heterocycles. The van der Waals surface area contributed by atoms with Crippen molar-refractivity contribution in [3.63, 3.8) is 0 Å². The zero-order valence-corrected chi connectivity index (χ0v) is 12.2. The molecule has 0 heterocycles. The molecule has 2 aromatic rings. The van der Waals surface area contributed by atoms with Gasteiger partial charge in [0.05, 0.1) is 17.2 Å². The van der Waals surface area contributed by atoms with Crippen molar-refractivity contribution >= 4 is 17.4 Å². The highest BCUT2D eigenvalue weighted by Gasteiger charge is 2.15. The summed E-state index contributed by atoms with van der Waals surface area (Å²) in [4.78, 5) is 12.4. The van der Waals surface area contributed by atoms with Crippen LogP contribution in [0.15, 0.2) is 42.5 Å². The summed E-state index contributed by atoms with van der Waals surface area (Å²) in [5, 5.41) is -0.0174. The molecule has 21 heavy (non-hydrogen) atoms. The van der Waals surface area contributed by atoms with Gasteiger partial charge in [0.2, 0.25) is 0 Å². The fourth-order valence-corrected chi connectivity index (χ4v) is 1.93. The molecule has 0 aliphatic rings. The van der Waals surface area contributed by atoms with E-state index in [-0.39, 0.29) is 16.4 Å². The normalized spacial score (nSPS) is 10.4. The van der Waals surface area contributed by atoms with Crippen LogP contribution >= 0.6 is 11.6 Å². The number of para-hydroxylation sites is 1. The van der Waals surface area contributed by atoms with E-state index in [9.17, 15) is 9.18 Å². The van der Waals surface area contributed by atoms with Crippen LogP contribution in [0.25, 0.3) is 0 Å². The van der Waals surface area contributed by atoms with E-state index < -0.39 is 5.82 Å². The maximum atomic E-state index is 13.5. The number of ketones is 1. The Bertz CT molecular complexity index is 643. The molecule has 0 radical (unpaired) electrons. The van der Waals surface area contributed by atoms with E-state index >= 15 is 0 Å². The second kappa shape index (κ2) is 7.20. The second-order valence-electron chi connectivity index (χ2n) is 4.30. The lowest BCUT2D eigenvalue weighted by molar-refractivity contribution is 0.103. The number of carbonyl (C=O) groups is 1. The number of hydrogen-bond donors (Lipinski definition) is 0. The SMILES string of the molecule is COCCOc1ccccc1C(=O)c1ccc(Cl)c(F)c1. The Kier molecular flexibility index (Phi) is 5.31. The maximum absolute atomic E-state index is 13.5. The minimum absolute atomic E-state index is 0.0174. The Balaban J connectivity index is 2.27. The highest BCUT2D eigenvalue weighted by atomic mass is 35.5. The monoisotopic (exact) mass is 308 g/mol. The molecule has 0 saturated heterocycles. The standard InChI is InChI=1S/C16H14ClFO3/c1-20-8-9-21-15-5-3-2-4-12(15)16(19)11-6-7-13(17)14(18)10-11/h2-7,10H,8-9H2,1H3. The fraction of sp³-hybridized carbons (Fsp3) is 0.188. The first-order valence-corrected chi connectivity index (χ1v) is 6.72. The van der Waals surface area contributed by atoms with Crippen molar-refractivity contribution in [2.45, 2.75) is 0 Å². The molecule has 3 nitrogen and oxygen atoms in total. The van der Waals surface area contributed by atoms with Crippen LogP contribution in [0.1, 0.15) is 15.9 Å². The van der Waals surface area contributed by atoms with Crippen LogP contribution in [-0.4, -0.2) is 26.1 Å². The van der Waals surface area contributed by atoms with Crippen molar-refractivity contribution in [2.75, 3.05) is 20.3 Å². The second-order valence-corrected chi connectivity index (χ2v) is 4.70. The van der Waals surface area contributed by atoms with Crippen LogP contribution in [0.5, 0.6) is 5.75 Å². The minimum Gasteiger partial charge on any atom is -0.490 e. The van der Waals surface area contributed by atoms with Gasteiger partial charge in [-0.2, -0.15) is 0 Å². The molecular formula is C16H14ClFO3. The van der Waals surface area contributed by atoms with Gasteiger partial charge >= 0.3 is 0 Å². The van der Waals surface area contributed by atoms with Gasteiger partial charge in [0.25, 0.3) is 0 Å². The molecule has 0 aromatic heterocycles. The minimum atomic E-state index is -0.625. The molecule has 2 rings (SSSR count). The molecule has 0 bridgehead atoms. The smallest absolute Gasteiger partial charge is 0.196 e. The van der Waals surface area contributed by atoms with Crippen molar-refractivity contribution < 1.29 is 18.7 Å². The highest BCUT2D eigenvalue weighted by Crippen LogP contribution is 2.23. The number of hydrogen-bond acceptors (Lipinski definition) is 3. The Morgan fingerprint density at radius 1 is 1.19 bits per heavy atom. The van der Waals surface area contributed by atoms with E-state index in [0.29, 0.717) is 24.5 Å². The molecule has 0 N–H and O–H groups in total. The predicted octanol–water partition coefficient (Wildman–Crippen LogP) is 3.74. The third-order valence-corrected chi connectivity index (χ3v) is 3.17. The van der Waals surface area contributed by atoms with Gasteiger partial charge < -0.3 is 9.47 Å². The van der Waals surface area contributed by atoms with Crippen molar-refractivity contribution in [3.8, 4) is 5.75 Å². The van der Waals surface area contributed by atoms with Crippen LogP contribution < -0.4 is 4.74 Å². The number of methoxy groups -OCH3 is 1. The molecule has 5 heteroatoms. The van der Waals surface area contributed by atoms with Crippen molar-refractivity contribution in [2.24, 2.45) is 0 Å². The van der Waals surface area contributed by atoms with Gasteiger partial charge in [0, 0.05) is 12.7 Å². The number of benzene rings is 2. The summed E-state index contributed by atoms with van der Waals surface area (Å²) in [5.74, 6) is -0.506. The van der Waals surface area contributed by atoms with Gasteiger partial charge in [-0.15, -0.1) is 0 Å². The first-order valence-electron chi connectivity index (χ1n) is 6.34. The molecule has 0 spiro atoms. The maximum Gasteiger partial charge on any atom is 0.196 e. The number of rotatable bonds is 6. The van der Waals surface area contributed by atoms with Gasteiger partial charge in [-0.3, -0.25) is 4.79 Å². The van der Waals surface area contributed by atoms with Crippen LogP contribution in [0, 0.1) is 5.82 Å². The van der Waals surface area contributed by atoms with Crippen LogP contribution in [0.3, 0.4) is 0 Å². The predicted molar refractivity (Wildman–Crippen MR) is 78.7 cm³/mol. The Morgan fingerprint density at radius 2 is 1.95 bits per heavy atom. The number of ether oxygens (including phenoxy) is 2. The van der Waals surface area contributed by atoms with Crippen LogP contribution in [-0.2, 0) is 4.74 Å². The first-order chi connectivity index (χ1) is 10.1. The Labute approximate surface area is 127 Å². The lowest BCUT2D eigenvalue weighted by Crippen LogP contribution is -2.09. The number of carbonyl (C=O) groups excluding carboxylic acids is 1. The molecule has 2 aromatic carbocycles. The van der Waals surface area contributed by atoms with Crippen LogP contribution in [0.4, 0.5) is 4.39 Å².